The Morgan fingerprint density at radius 3 is 2.63 bits per heavy atom. The van der Waals surface area contributed by atoms with Crippen molar-refractivity contribution in [3.8, 4) is 11.4 Å². The fourth-order valence-corrected chi connectivity index (χ4v) is 3.57. The van der Waals surface area contributed by atoms with E-state index in [1.54, 1.807) is 24.5 Å². The number of carbonyl (C=O) groups excluding carboxylic acids is 1. The molecule has 0 aliphatic heterocycles. The minimum atomic E-state index is -0.725. The van der Waals surface area contributed by atoms with Crippen LogP contribution in [0.4, 0.5) is 10.2 Å². The van der Waals surface area contributed by atoms with Gasteiger partial charge in [0.15, 0.2) is 11.6 Å². The molecule has 2 heterocycles. The number of primary amides is 1. The summed E-state index contributed by atoms with van der Waals surface area (Å²) in [5, 5.41) is 11.4. The highest BCUT2D eigenvalue weighted by molar-refractivity contribution is 6.13. The molecule has 0 unspecified atom stereocenters. The molecule has 4 rings (SSSR count). The Hall–Kier alpha value is -3.61. The number of carbonyl (C=O) groups is 1. The number of fused-ring (bicyclic) bond motifs is 2. The summed E-state index contributed by atoms with van der Waals surface area (Å²) in [5.41, 5.74) is 14.4. The zero-order valence-corrected chi connectivity index (χ0v) is 14.7. The first-order chi connectivity index (χ1) is 12.8. The van der Waals surface area contributed by atoms with E-state index in [9.17, 15) is 14.3 Å². The standard InChI is InChI=1S/C20H17FN4O2/c1-9-7-13(21)17(26)10(2)16(9)25-18(22)15(19(23)27)12-8-11-5-3-4-6-14(11)24-20(12)25/h3-8,26H,22H2,1-2H3,(H2,23,27). The Morgan fingerprint density at radius 1 is 1.22 bits per heavy atom. The maximum absolute atomic E-state index is 13.9. The SMILES string of the molecule is Cc1cc(F)c(O)c(C)c1-n1c(N)c(C(N)=O)c2cc3ccccc3nc21. The molecule has 0 radical (unpaired) electrons. The lowest BCUT2D eigenvalue weighted by Crippen LogP contribution is -2.14. The van der Waals surface area contributed by atoms with Crippen molar-refractivity contribution in [2.75, 3.05) is 5.73 Å². The van der Waals surface area contributed by atoms with E-state index >= 15 is 0 Å². The zero-order chi connectivity index (χ0) is 19.5. The van der Waals surface area contributed by atoms with Gasteiger partial charge in [0.2, 0.25) is 0 Å². The van der Waals surface area contributed by atoms with Crippen molar-refractivity contribution in [1.82, 2.24) is 9.55 Å². The average Bonchev–Trinajstić information content (AvgIpc) is 2.89. The highest BCUT2D eigenvalue weighted by Crippen LogP contribution is 2.37. The van der Waals surface area contributed by atoms with Crippen LogP contribution in [0.3, 0.4) is 0 Å². The first-order valence-corrected chi connectivity index (χ1v) is 8.29. The van der Waals surface area contributed by atoms with Gasteiger partial charge in [0, 0.05) is 16.3 Å². The summed E-state index contributed by atoms with van der Waals surface area (Å²) in [6, 6.07) is 10.5. The van der Waals surface area contributed by atoms with E-state index in [4.69, 9.17) is 11.5 Å². The summed E-state index contributed by atoms with van der Waals surface area (Å²) in [6.07, 6.45) is 0. The molecule has 27 heavy (non-hydrogen) atoms. The molecule has 0 spiro atoms. The number of rotatable bonds is 2. The topological polar surface area (TPSA) is 107 Å². The summed E-state index contributed by atoms with van der Waals surface area (Å²) in [5.74, 6) is -1.79. The van der Waals surface area contributed by atoms with Gasteiger partial charge in [-0.1, -0.05) is 18.2 Å². The van der Waals surface area contributed by atoms with Crippen molar-refractivity contribution >= 4 is 33.7 Å². The molecule has 0 saturated heterocycles. The largest absolute Gasteiger partial charge is 0.505 e. The fourth-order valence-electron chi connectivity index (χ4n) is 3.57. The van der Waals surface area contributed by atoms with Gasteiger partial charge in [-0.2, -0.15) is 0 Å². The molecule has 5 N–H and O–H groups in total. The lowest BCUT2D eigenvalue weighted by molar-refractivity contribution is 0.100. The number of nitrogen functional groups attached to an aromatic ring is 1. The van der Waals surface area contributed by atoms with Crippen molar-refractivity contribution in [2.24, 2.45) is 5.73 Å². The molecule has 2 aromatic carbocycles. The number of nitrogens with zero attached hydrogens (tertiary/aromatic N) is 2. The van der Waals surface area contributed by atoms with Gasteiger partial charge in [-0.05, 0) is 37.6 Å². The number of hydrogen-bond donors (Lipinski definition) is 3. The summed E-state index contributed by atoms with van der Waals surface area (Å²) < 4.78 is 15.5. The van der Waals surface area contributed by atoms with Gasteiger partial charge in [0.05, 0.1) is 16.8 Å². The summed E-state index contributed by atoms with van der Waals surface area (Å²) in [7, 11) is 0. The molecular weight excluding hydrogens is 347 g/mol. The molecule has 0 atom stereocenters. The minimum Gasteiger partial charge on any atom is -0.505 e. The number of aromatic hydroxyl groups is 1. The second-order valence-electron chi connectivity index (χ2n) is 6.51. The number of hydrogen-bond acceptors (Lipinski definition) is 4. The van der Waals surface area contributed by atoms with Crippen molar-refractivity contribution in [2.45, 2.75) is 13.8 Å². The second kappa shape index (κ2) is 5.70. The van der Waals surface area contributed by atoms with E-state index in [-0.39, 0.29) is 11.4 Å². The lowest BCUT2D eigenvalue weighted by atomic mass is 10.1. The van der Waals surface area contributed by atoms with E-state index in [2.05, 4.69) is 4.98 Å². The first-order valence-electron chi connectivity index (χ1n) is 8.29. The quantitative estimate of drug-likeness (QED) is 0.507. The summed E-state index contributed by atoms with van der Waals surface area (Å²) >= 11 is 0. The summed E-state index contributed by atoms with van der Waals surface area (Å²) in [4.78, 5) is 16.8. The van der Waals surface area contributed by atoms with Crippen LogP contribution in [0.15, 0.2) is 36.4 Å². The smallest absolute Gasteiger partial charge is 0.253 e. The third kappa shape index (κ3) is 2.32. The molecule has 0 saturated carbocycles. The maximum atomic E-state index is 13.9. The van der Waals surface area contributed by atoms with Gasteiger partial charge in [-0.15, -0.1) is 0 Å². The monoisotopic (exact) mass is 364 g/mol. The second-order valence-corrected chi connectivity index (χ2v) is 6.51. The highest BCUT2D eigenvalue weighted by Gasteiger charge is 2.25. The van der Waals surface area contributed by atoms with Crippen LogP contribution in [0.5, 0.6) is 5.75 Å². The summed E-state index contributed by atoms with van der Waals surface area (Å²) in [6.45, 7) is 3.28. The number of benzene rings is 2. The lowest BCUT2D eigenvalue weighted by Gasteiger charge is -2.16. The van der Waals surface area contributed by atoms with Crippen LogP contribution in [0.1, 0.15) is 21.5 Å². The number of nitrogens with two attached hydrogens (primary N) is 2. The van der Waals surface area contributed by atoms with Gasteiger partial charge < -0.3 is 16.6 Å². The predicted octanol–water partition coefficient (Wildman–Crippen LogP) is 3.32. The predicted molar refractivity (Wildman–Crippen MR) is 103 cm³/mol. The number of para-hydroxylation sites is 1. The normalized spacial score (nSPS) is 11.4. The van der Waals surface area contributed by atoms with Crippen molar-refractivity contribution < 1.29 is 14.3 Å². The van der Waals surface area contributed by atoms with Crippen molar-refractivity contribution in [3.05, 3.63) is 58.9 Å². The van der Waals surface area contributed by atoms with Crippen LogP contribution in [0, 0.1) is 19.7 Å². The Kier molecular flexibility index (Phi) is 3.56. The minimum absolute atomic E-state index is 0.0949. The molecule has 0 aliphatic carbocycles. The van der Waals surface area contributed by atoms with E-state index in [0.29, 0.717) is 33.4 Å². The molecule has 0 fully saturated rings. The maximum Gasteiger partial charge on any atom is 0.253 e. The van der Waals surface area contributed by atoms with Crippen LogP contribution < -0.4 is 11.5 Å². The fraction of sp³-hybridized carbons (Fsp3) is 0.100. The van der Waals surface area contributed by atoms with Crippen molar-refractivity contribution in [3.63, 3.8) is 0 Å². The van der Waals surface area contributed by atoms with E-state index in [1.807, 2.05) is 24.3 Å². The number of aryl methyl sites for hydroxylation is 1. The van der Waals surface area contributed by atoms with Gasteiger partial charge >= 0.3 is 0 Å². The molecule has 4 aromatic rings. The van der Waals surface area contributed by atoms with Crippen molar-refractivity contribution in [1.29, 1.82) is 0 Å². The Balaban J connectivity index is 2.23. The third-order valence-corrected chi connectivity index (χ3v) is 4.81. The van der Waals surface area contributed by atoms with E-state index in [0.717, 1.165) is 5.39 Å². The number of phenols is 1. The van der Waals surface area contributed by atoms with E-state index < -0.39 is 17.5 Å². The third-order valence-electron chi connectivity index (χ3n) is 4.81. The molecule has 2 aromatic heterocycles. The van der Waals surface area contributed by atoms with E-state index in [1.165, 1.54) is 6.07 Å². The Labute approximate surface area is 153 Å². The number of phenolic OH excluding ortho intramolecular Hbond substituents is 1. The molecule has 7 heteroatoms. The molecular formula is C20H17FN4O2. The number of anilines is 1. The first kappa shape index (κ1) is 16.8. The number of halogens is 1. The van der Waals surface area contributed by atoms with Gasteiger partial charge in [0.25, 0.3) is 5.91 Å². The molecule has 1 amide bonds. The molecule has 6 nitrogen and oxygen atoms in total. The zero-order valence-electron chi connectivity index (χ0n) is 14.7. The van der Waals surface area contributed by atoms with Crippen LogP contribution in [-0.2, 0) is 0 Å². The van der Waals surface area contributed by atoms with Crippen LogP contribution >= 0.6 is 0 Å². The Bertz CT molecular complexity index is 1260. The van der Waals surface area contributed by atoms with Crippen LogP contribution in [0.25, 0.3) is 27.6 Å². The number of pyridine rings is 1. The number of amides is 1. The van der Waals surface area contributed by atoms with Crippen LogP contribution in [-0.4, -0.2) is 20.6 Å². The van der Waals surface area contributed by atoms with Gasteiger partial charge in [-0.25, -0.2) is 9.37 Å². The van der Waals surface area contributed by atoms with Gasteiger partial charge in [-0.3, -0.25) is 9.36 Å². The average molecular weight is 364 g/mol. The highest BCUT2D eigenvalue weighted by atomic mass is 19.1. The number of aromatic nitrogens is 2. The van der Waals surface area contributed by atoms with Crippen LogP contribution in [0.2, 0.25) is 0 Å². The molecule has 136 valence electrons. The Morgan fingerprint density at radius 2 is 1.93 bits per heavy atom. The molecule has 0 aliphatic rings. The molecule has 0 bridgehead atoms. The van der Waals surface area contributed by atoms with Gasteiger partial charge in [0.1, 0.15) is 11.5 Å².